The SMILES string of the molecule is NCc1ccc(N2CCCC2C(N)=O)c2ccccc12. The van der Waals surface area contributed by atoms with Crippen molar-refractivity contribution in [2.75, 3.05) is 11.4 Å². The third-order valence-corrected chi connectivity index (χ3v) is 4.10. The van der Waals surface area contributed by atoms with E-state index in [1.54, 1.807) is 0 Å². The number of rotatable bonds is 3. The van der Waals surface area contributed by atoms with Gasteiger partial charge >= 0.3 is 0 Å². The number of primary amides is 1. The molecule has 1 unspecified atom stereocenters. The largest absolute Gasteiger partial charge is 0.368 e. The molecule has 0 aliphatic carbocycles. The molecule has 1 saturated heterocycles. The van der Waals surface area contributed by atoms with Crippen LogP contribution in [0.3, 0.4) is 0 Å². The van der Waals surface area contributed by atoms with Crippen molar-refractivity contribution in [3.63, 3.8) is 0 Å². The summed E-state index contributed by atoms with van der Waals surface area (Å²) in [6.07, 6.45) is 1.84. The molecule has 20 heavy (non-hydrogen) atoms. The fourth-order valence-corrected chi connectivity index (χ4v) is 3.12. The highest BCUT2D eigenvalue weighted by atomic mass is 16.1. The maximum absolute atomic E-state index is 11.6. The van der Waals surface area contributed by atoms with Crippen LogP contribution in [-0.2, 0) is 11.3 Å². The monoisotopic (exact) mass is 269 g/mol. The average Bonchev–Trinajstić information content (AvgIpc) is 2.95. The minimum atomic E-state index is -0.241. The molecule has 4 heteroatoms. The first-order valence-electron chi connectivity index (χ1n) is 6.99. The van der Waals surface area contributed by atoms with Crippen molar-refractivity contribution in [1.82, 2.24) is 0 Å². The molecule has 4 nitrogen and oxygen atoms in total. The first-order valence-corrected chi connectivity index (χ1v) is 6.99. The third-order valence-electron chi connectivity index (χ3n) is 4.10. The standard InChI is InChI=1S/C16H19N3O/c17-10-11-7-8-14(13-5-2-1-4-12(11)13)19-9-3-6-15(19)16(18)20/h1-2,4-5,7-8,15H,3,6,9-10,17H2,(H2,18,20). The van der Waals surface area contributed by atoms with Gasteiger partial charge in [-0.05, 0) is 29.9 Å². The van der Waals surface area contributed by atoms with Gasteiger partial charge in [0.2, 0.25) is 5.91 Å². The van der Waals surface area contributed by atoms with Gasteiger partial charge in [0, 0.05) is 24.2 Å². The molecule has 0 spiro atoms. The molecule has 1 aliphatic heterocycles. The number of carbonyl (C=O) groups is 1. The molecule has 0 aromatic heterocycles. The highest BCUT2D eigenvalue weighted by molar-refractivity contribution is 5.98. The number of amides is 1. The second-order valence-electron chi connectivity index (χ2n) is 5.25. The lowest BCUT2D eigenvalue weighted by Crippen LogP contribution is -2.40. The predicted molar refractivity (Wildman–Crippen MR) is 81.4 cm³/mol. The Bertz CT molecular complexity index is 653. The van der Waals surface area contributed by atoms with Crippen molar-refractivity contribution in [1.29, 1.82) is 0 Å². The second kappa shape index (κ2) is 5.13. The molecule has 2 aromatic rings. The Kier molecular flexibility index (Phi) is 3.32. The Hall–Kier alpha value is -2.07. The zero-order valence-corrected chi connectivity index (χ0v) is 11.4. The van der Waals surface area contributed by atoms with Crippen molar-refractivity contribution in [2.24, 2.45) is 11.5 Å². The number of hydrogen-bond acceptors (Lipinski definition) is 3. The molecular formula is C16H19N3O. The van der Waals surface area contributed by atoms with E-state index in [1.807, 2.05) is 18.2 Å². The van der Waals surface area contributed by atoms with E-state index >= 15 is 0 Å². The van der Waals surface area contributed by atoms with Crippen molar-refractivity contribution in [3.05, 3.63) is 42.0 Å². The first-order chi connectivity index (χ1) is 9.72. The minimum Gasteiger partial charge on any atom is -0.368 e. The summed E-state index contributed by atoms with van der Waals surface area (Å²) in [6, 6.07) is 12.1. The van der Waals surface area contributed by atoms with Gasteiger partial charge in [-0.25, -0.2) is 0 Å². The fraction of sp³-hybridized carbons (Fsp3) is 0.312. The highest BCUT2D eigenvalue weighted by Crippen LogP contribution is 2.33. The molecule has 1 amide bonds. The number of nitrogens with two attached hydrogens (primary N) is 2. The molecular weight excluding hydrogens is 250 g/mol. The second-order valence-corrected chi connectivity index (χ2v) is 5.25. The maximum atomic E-state index is 11.6. The van der Waals surface area contributed by atoms with E-state index in [2.05, 4.69) is 23.1 Å². The number of fused-ring (bicyclic) bond motifs is 1. The van der Waals surface area contributed by atoms with Gasteiger partial charge in [-0.2, -0.15) is 0 Å². The highest BCUT2D eigenvalue weighted by Gasteiger charge is 2.30. The Morgan fingerprint density at radius 1 is 1.20 bits per heavy atom. The summed E-state index contributed by atoms with van der Waals surface area (Å²) in [6.45, 7) is 1.39. The summed E-state index contributed by atoms with van der Waals surface area (Å²) >= 11 is 0. The van der Waals surface area contributed by atoms with Gasteiger partial charge in [-0.3, -0.25) is 4.79 Å². The van der Waals surface area contributed by atoms with Crippen molar-refractivity contribution < 1.29 is 4.79 Å². The number of benzene rings is 2. The van der Waals surface area contributed by atoms with Crippen LogP contribution in [0.4, 0.5) is 5.69 Å². The van der Waals surface area contributed by atoms with Crippen LogP contribution in [0.15, 0.2) is 36.4 Å². The summed E-state index contributed by atoms with van der Waals surface area (Å²) in [5, 5.41) is 2.30. The minimum absolute atomic E-state index is 0.192. The van der Waals surface area contributed by atoms with Gasteiger partial charge < -0.3 is 16.4 Å². The van der Waals surface area contributed by atoms with Gasteiger partial charge in [0.05, 0.1) is 0 Å². The van der Waals surface area contributed by atoms with E-state index in [0.29, 0.717) is 6.54 Å². The Morgan fingerprint density at radius 2 is 1.95 bits per heavy atom. The van der Waals surface area contributed by atoms with Crippen LogP contribution >= 0.6 is 0 Å². The zero-order valence-electron chi connectivity index (χ0n) is 11.4. The van der Waals surface area contributed by atoms with Crippen LogP contribution in [0.2, 0.25) is 0 Å². The number of hydrogen-bond donors (Lipinski definition) is 2. The smallest absolute Gasteiger partial charge is 0.240 e. The number of carbonyl (C=O) groups excluding carboxylic acids is 1. The van der Waals surface area contributed by atoms with Crippen molar-refractivity contribution in [2.45, 2.75) is 25.4 Å². The van der Waals surface area contributed by atoms with E-state index in [-0.39, 0.29) is 11.9 Å². The molecule has 104 valence electrons. The van der Waals surface area contributed by atoms with Crippen LogP contribution < -0.4 is 16.4 Å². The molecule has 1 fully saturated rings. The van der Waals surface area contributed by atoms with Crippen molar-refractivity contribution >= 4 is 22.4 Å². The molecule has 0 bridgehead atoms. The average molecular weight is 269 g/mol. The predicted octanol–water partition coefficient (Wildman–Crippen LogP) is 1.75. The Balaban J connectivity index is 2.15. The van der Waals surface area contributed by atoms with Gasteiger partial charge in [0.25, 0.3) is 0 Å². The topological polar surface area (TPSA) is 72.3 Å². The van der Waals surface area contributed by atoms with E-state index < -0.39 is 0 Å². The zero-order chi connectivity index (χ0) is 14.1. The lowest BCUT2D eigenvalue weighted by Gasteiger charge is -2.26. The van der Waals surface area contributed by atoms with Crippen LogP contribution in [0.5, 0.6) is 0 Å². The molecule has 0 radical (unpaired) electrons. The summed E-state index contributed by atoms with van der Waals surface area (Å²) in [5.41, 5.74) is 13.5. The quantitative estimate of drug-likeness (QED) is 0.891. The third kappa shape index (κ3) is 2.02. The van der Waals surface area contributed by atoms with Gasteiger partial charge in [0.1, 0.15) is 6.04 Å². The van der Waals surface area contributed by atoms with E-state index in [1.165, 1.54) is 0 Å². The lowest BCUT2D eigenvalue weighted by molar-refractivity contribution is -0.119. The van der Waals surface area contributed by atoms with E-state index in [4.69, 9.17) is 11.5 Å². The van der Waals surface area contributed by atoms with Crippen LogP contribution in [-0.4, -0.2) is 18.5 Å². The Morgan fingerprint density at radius 3 is 2.65 bits per heavy atom. The molecule has 2 aromatic carbocycles. The molecule has 1 aliphatic rings. The molecule has 1 atom stereocenters. The molecule has 0 saturated carbocycles. The normalized spacial score (nSPS) is 18.6. The van der Waals surface area contributed by atoms with E-state index in [9.17, 15) is 4.79 Å². The number of nitrogens with zero attached hydrogens (tertiary/aromatic N) is 1. The molecule has 4 N–H and O–H groups in total. The summed E-state index contributed by atoms with van der Waals surface area (Å²) in [4.78, 5) is 13.7. The fourth-order valence-electron chi connectivity index (χ4n) is 3.12. The number of anilines is 1. The molecule has 1 heterocycles. The summed E-state index contributed by atoms with van der Waals surface area (Å²) in [7, 11) is 0. The van der Waals surface area contributed by atoms with E-state index in [0.717, 1.165) is 41.4 Å². The lowest BCUT2D eigenvalue weighted by atomic mass is 10.0. The van der Waals surface area contributed by atoms with Gasteiger partial charge in [-0.15, -0.1) is 0 Å². The van der Waals surface area contributed by atoms with Crippen molar-refractivity contribution in [3.8, 4) is 0 Å². The van der Waals surface area contributed by atoms with Crippen LogP contribution in [0.1, 0.15) is 18.4 Å². The van der Waals surface area contributed by atoms with Crippen LogP contribution in [0, 0.1) is 0 Å². The Labute approximate surface area is 118 Å². The maximum Gasteiger partial charge on any atom is 0.240 e. The summed E-state index contributed by atoms with van der Waals surface area (Å²) < 4.78 is 0. The molecule has 3 rings (SSSR count). The first kappa shape index (κ1) is 12.9. The van der Waals surface area contributed by atoms with Gasteiger partial charge in [0.15, 0.2) is 0 Å². The van der Waals surface area contributed by atoms with Gasteiger partial charge in [-0.1, -0.05) is 30.3 Å². The summed E-state index contributed by atoms with van der Waals surface area (Å²) in [5.74, 6) is -0.241. The van der Waals surface area contributed by atoms with Crippen LogP contribution in [0.25, 0.3) is 10.8 Å².